The van der Waals surface area contributed by atoms with Crippen molar-refractivity contribution in [3.63, 3.8) is 0 Å². The van der Waals surface area contributed by atoms with E-state index in [1.807, 2.05) is 19.9 Å². The molecule has 1 aromatic heterocycles. The number of fused-ring (bicyclic) bond motifs is 1. The first-order chi connectivity index (χ1) is 7.97. The van der Waals surface area contributed by atoms with Gasteiger partial charge in [0.1, 0.15) is 6.07 Å². The van der Waals surface area contributed by atoms with E-state index in [9.17, 15) is 4.39 Å². The van der Waals surface area contributed by atoms with Crippen LogP contribution in [0.4, 0.5) is 4.39 Å². The molecule has 0 atom stereocenters. The van der Waals surface area contributed by atoms with Crippen LogP contribution in [0.3, 0.4) is 0 Å². The molecule has 0 spiro atoms. The monoisotopic (exact) mass is 315 g/mol. The molecule has 0 aliphatic heterocycles. The van der Waals surface area contributed by atoms with Gasteiger partial charge in [0.05, 0.1) is 14.9 Å². The van der Waals surface area contributed by atoms with Gasteiger partial charge in [-0.2, -0.15) is 5.26 Å². The Kier molecular flexibility index (Phi) is 3.15. The zero-order chi connectivity index (χ0) is 12.7. The lowest BCUT2D eigenvalue weighted by Crippen LogP contribution is -1.91. The van der Waals surface area contributed by atoms with Crippen molar-refractivity contribution in [1.29, 1.82) is 5.26 Å². The highest BCUT2D eigenvalue weighted by Crippen LogP contribution is 2.39. The van der Waals surface area contributed by atoms with E-state index in [-0.39, 0.29) is 22.1 Å². The molecule has 1 heterocycles. The van der Waals surface area contributed by atoms with E-state index in [0.717, 1.165) is 0 Å². The average molecular weight is 317 g/mol. The maximum atomic E-state index is 14.0. The zero-order valence-electron chi connectivity index (χ0n) is 9.14. The summed E-state index contributed by atoms with van der Waals surface area (Å²) in [6, 6.07) is 3.37. The SMILES string of the molecule is CC(C)c1c(C#N)oc2c(Br)cc(Cl)c(F)c12. The summed E-state index contributed by atoms with van der Waals surface area (Å²) < 4.78 is 19.9. The second kappa shape index (κ2) is 4.32. The normalized spacial score (nSPS) is 11.1. The molecular formula is C12H8BrClFNO. The minimum Gasteiger partial charge on any atom is -0.444 e. The third kappa shape index (κ3) is 1.84. The van der Waals surface area contributed by atoms with Crippen molar-refractivity contribution in [2.75, 3.05) is 0 Å². The van der Waals surface area contributed by atoms with Crippen LogP contribution in [0.1, 0.15) is 31.1 Å². The van der Waals surface area contributed by atoms with Crippen molar-refractivity contribution in [2.45, 2.75) is 19.8 Å². The van der Waals surface area contributed by atoms with Crippen LogP contribution in [0.25, 0.3) is 11.0 Å². The molecule has 0 amide bonds. The van der Waals surface area contributed by atoms with Crippen LogP contribution in [-0.4, -0.2) is 0 Å². The van der Waals surface area contributed by atoms with Crippen LogP contribution in [0, 0.1) is 17.1 Å². The number of nitriles is 1. The summed E-state index contributed by atoms with van der Waals surface area (Å²) in [4.78, 5) is 0. The fraction of sp³-hybridized carbons (Fsp3) is 0.250. The number of hydrogen-bond acceptors (Lipinski definition) is 2. The Bertz CT molecular complexity index is 642. The third-order valence-electron chi connectivity index (χ3n) is 2.52. The summed E-state index contributed by atoms with van der Waals surface area (Å²) in [6.07, 6.45) is 0. The number of furan rings is 1. The first kappa shape index (κ1) is 12.4. The highest BCUT2D eigenvalue weighted by molar-refractivity contribution is 9.10. The minimum absolute atomic E-state index is 0.0107. The summed E-state index contributed by atoms with van der Waals surface area (Å²) in [6.45, 7) is 3.75. The van der Waals surface area contributed by atoms with E-state index in [4.69, 9.17) is 21.3 Å². The number of nitrogens with zero attached hydrogens (tertiary/aromatic N) is 1. The van der Waals surface area contributed by atoms with Gasteiger partial charge < -0.3 is 4.42 Å². The van der Waals surface area contributed by atoms with Gasteiger partial charge >= 0.3 is 0 Å². The minimum atomic E-state index is -0.543. The van der Waals surface area contributed by atoms with Crippen LogP contribution in [0.15, 0.2) is 15.0 Å². The molecular weight excluding hydrogens is 308 g/mol. The van der Waals surface area contributed by atoms with Gasteiger partial charge in [-0.3, -0.25) is 0 Å². The molecule has 1 aromatic carbocycles. The Hall–Kier alpha value is -1.05. The molecule has 5 heteroatoms. The lowest BCUT2D eigenvalue weighted by Gasteiger charge is -2.04. The molecule has 88 valence electrons. The quantitative estimate of drug-likeness (QED) is 0.695. The zero-order valence-corrected chi connectivity index (χ0v) is 11.5. The largest absolute Gasteiger partial charge is 0.444 e. The topological polar surface area (TPSA) is 36.9 Å². The van der Waals surface area contributed by atoms with Gasteiger partial charge in [-0.15, -0.1) is 0 Å². The van der Waals surface area contributed by atoms with E-state index < -0.39 is 5.82 Å². The Labute approximate surface area is 111 Å². The molecule has 2 nitrogen and oxygen atoms in total. The van der Waals surface area contributed by atoms with Crippen LogP contribution < -0.4 is 0 Å². The van der Waals surface area contributed by atoms with Crippen molar-refractivity contribution in [3.8, 4) is 6.07 Å². The summed E-state index contributed by atoms with van der Waals surface area (Å²) in [5, 5.41) is 9.30. The van der Waals surface area contributed by atoms with Gasteiger partial charge in [0.15, 0.2) is 11.4 Å². The van der Waals surface area contributed by atoms with Crippen molar-refractivity contribution in [2.24, 2.45) is 0 Å². The Balaban J connectivity index is 3.01. The van der Waals surface area contributed by atoms with Gasteiger partial charge in [0.2, 0.25) is 5.76 Å². The van der Waals surface area contributed by atoms with Gasteiger partial charge in [0.25, 0.3) is 0 Å². The number of hydrogen-bond donors (Lipinski definition) is 0. The third-order valence-corrected chi connectivity index (χ3v) is 3.39. The first-order valence-electron chi connectivity index (χ1n) is 4.97. The van der Waals surface area contributed by atoms with Crippen molar-refractivity contribution in [1.82, 2.24) is 0 Å². The smallest absolute Gasteiger partial charge is 0.208 e. The lowest BCUT2D eigenvalue weighted by molar-refractivity contribution is 0.586. The van der Waals surface area contributed by atoms with Crippen molar-refractivity contribution in [3.05, 3.63) is 32.7 Å². The summed E-state index contributed by atoms with van der Waals surface area (Å²) in [7, 11) is 0. The van der Waals surface area contributed by atoms with E-state index in [1.54, 1.807) is 0 Å². The second-order valence-corrected chi connectivity index (χ2v) is 5.23. The van der Waals surface area contributed by atoms with Crippen LogP contribution in [0.2, 0.25) is 5.02 Å². The highest BCUT2D eigenvalue weighted by atomic mass is 79.9. The van der Waals surface area contributed by atoms with Crippen LogP contribution in [0.5, 0.6) is 0 Å². The van der Waals surface area contributed by atoms with Gasteiger partial charge in [0, 0.05) is 5.56 Å². The second-order valence-electron chi connectivity index (χ2n) is 3.97. The molecule has 2 rings (SSSR count). The molecule has 0 N–H and O–H groups in total. The van der Waals surface area contributed by atoms with Crippen molar-refractivity contribution >= 4 is 38.5 Å². The fourth-order valence-corrected chi connectivity index (χ4v) is 2.67. The molecule has 0 aliphatic rings. The van der Waals surface area contributed by atoms with Gasteiger partial charge in [-0.1, -0.05) is 25.4 Å². The summed E-state index contributed by atoms with van der Waals surface area (Å²) in [5.74, 6) is -0.429. The van der Waals surface area contributed by atoms with E-state index in [0.29, 0.717) is 15.6 Å². The van der Waals surface area contributed by atoms with Crippen molar-refractivity contribution < 1.29 is 8.81 Å². The predicted octanol–water partition coefficient (Wildman–Crippen LogP) is 4.98. The Morgan fingerprint density at radius 3 is 2.71 bits per heavy atom. The molecule has 0 bridgehead atoms. The molecule has 2 aromatic rings. The fourth-order valence-electron chi connectivity index (χ4n) is 1.82. The molecule has 17 heavy (non-hydrogen) atoms. The van der Waals surface area contributed by atoms with Gasteiger partial charge in [-0.25, -0.2) is 4.39 Å². The first-order valence-corrected chi connectivity index (χ1v) is 6.14. The number of rotatable bonds is 1. The molecule has 0 fully saturated rings. The van der Waals surface area contributed by atoms with Gasteiger partial charge in [-0.05, 0) is 27.9 Å². The summed E-state index contributed by atoms with van der Waals surface area (Å²) >= 11 is 9.05. The number of benzene rings is 1. The lowest BCUT2D eigenvalue weighted by atomic mass is 9.99. The molecule has 0 radical (unpaired) electrons. The predicted molar refractivity (Wildman–Crippen MR) is 67.7 cm³/mol. The van der Waals surface area contributed by atoms with Crippen LogP contribution in [-0.2, 0) is 0 Å². The molecule has 0 aliphatic carbocycles. The molecule has 0 unspecified atom stereocenters. The highest BCUT2D eigenvalue weighted by Gasteiger charge is 2.23. The summed E-state index contributed by atoms with van der Waals surface area (Å²) in [5.41, 5.74) is 0.885. The maximum Gasteiger partial charge on any atom is 0.208 e. The standard InChI is InChI=1S/C12H8BrClFNO/c1-5(2)9-8(4-16)17-12-6(13)3-7(14)11(15)10(9)12/h3,5H,1-2H3. The average Bonchev–Trinajstić information content (AvgIpc) is 2.65. The van der Waals surface area contributed by atoms with E-state index in [2.05, 4.69) is 15.9 Å². The maximum absolute atomic E-state index is 14.0. The van der Waals surface area contributed by atoms with E-state index in [1.165, 1.54) is 6.07 Å². The number of halogens is 3. The Morgan fingerprint density at radius 2 is 2.18 bits per heavy atom. The van der Waals surface area contributed by atoms with Crippen LogP contribution >= 0.6 is 27.5 Å². The Morgan fingerprint density at radius 1 is 1.53 bits per heavy atom. The molecule has 0 saturated heterocycles. The van der Waals surface area contributed by atoms with E-state index >= 15 is 0 Å². The molecule has 0 saturated carbocycles.